The van der Waals surface area contributed by atoms with E-state index in [1.807, 2.05) is 0 Å². The van der Waals surface area contributed by atoms with Gasteiger partial charge in [0.25, 0.3) is 0 Å². The van der Waals surface area contributed by atoms with E-state index < -0.39 is 7.38 Å². The fourth-order valence-electron chi connectivity index (χ4n) is 0.881. The first-order valence-electron chi connectivity index (χ1n) is 4.37. The molecule has 0 aromatic rings. The Hall–Kier alpha value is -0.533. The monoisotopic (exact) mass is 474 g/mol. The fourth-order valence-corrected chi connectivity index (χ4v) is 2.84. The topological polar surface area (TPSA) is 9.23 Å². The summed E-state index contributed by atoms with van der Waals surface area (Å²) >= 11 is 6.51. The smallest absolute Gasteiger partial charge is 0.158 e. The molecule has 0 fully saturated rings. The van der Waals surface area contributed by atoms with Gasteiger partial charge in [0.15, 0.2) is 7.38 Å². The Morgan fingerprint density at radius 2 is 1.85 bits per heavy atom. The largest absolute Gasteiger partial charge is 0.555 e. The predicted molar refractivity (Wildman–Crippen MR) is 57.9 cm³/mol. The van der Waals surface area contributed by atoms with Gasteiger partial charge in [0.2, 0.25) is 0 Å². The molecule has 0 aromatic heterocycles. The third-order valence-corrected chi connectivity index (χ3v) is 9.19. The molecule has 1 atom stereocenters. The van der Waals surface area contributed by atoms with Crippen LogP contribution in [0.3, 0.4) is 0 Å². The molecule has 0 saturated carbocycles. The zero-order chi connectivity index (χ0) is 9.83. The van der Waals surface area contributed by atoms with Gasteiger partial charge in [0.05, 0.1) is 0 Å². The van der Waals surface area contributed by atoms with Gasteiger partial charge in [-0.1, -0.05) is 27.3 Å². The Balaban J connectivity index is 0. The summed E-state index contributed by atoms with van der Waals surface area (Å²) in [5.41, 5.74) is 0. The van der Waals surface area contributed by atoms with E-state index in [-0.39, 0.29) is 5.04 Å². The molecule has 0 aliphatic rings. The van der Waals surface area contributed by atoms with Crippen molar-refractivity contribution in [2.24, 2.45) is 0 Å². The van der Waals surface area contributed by atoms with Crippen molar-refractivity contribution in [2.75, 3.05) is 6.61 Å². The minimum Gasteiger partial charge on any atom is -0.555 e. The van der Waals surface area contributed by atoms with E-state index in [0.717, 1.165) is 19.1 Å². The van der Waals surface area contributed by atoms with Crippen molar-refractivity contribution in [3.63, 3.8) is 0 Å². The number of ether oxygens (including phenoxy) is 1. The minimum atomic E-state index is -1.58. The molecule has 4 heteroatoms. The molecule has 13 heavy (non-hydrogen) atoms. The summed E-state index contributed by atoms with van der Waals surface area (Å²) < 4.78 is 4.76. The van der Waals surface area contributed by atoms with Gasteiger partial charge >= 0.3 is 0 Å². The van der Waals surface area contributed by atoms with Crippen molar-refractivity contribution in [2.45, 2.75) is 44.8 Å². The van der Waals surface area contributed by atoms with Gasteiger partial charge in [-0.3, -0.25) is 0 Å². The van der Waals surface area contributed by atoms with Crippen molar-refractivity contribution in [1.82, 2.24) is 0 Å². The zero-order valence-electron chi connectivity index (χ0n) is 9.32. The Morgan fingerprint density at radius 3 is 2.15 bits per heavy atom. The molecule has 0 aliphatic heterocycles. The fraction of sp³-hybridized carbons (Fsp3) is 0.889. The van der Waals surface area contributed by atoms with E-state index in [0.29, 0.717) is 0 Å². The normalized spacial score (nSPS) is 16.2. The van der Waals surface area contributed by atoms with Gasteiger partial charge in [-0.15, -0.1) is 0 Å². The molecule has 0 aromatic carbocycles. The van der Waals surface area contributed by atoms with Crippen LogP contribution in [0.2, 0.25) is 17.6 Å². The molecular formula is C9H20ClORfSi-. The van der Waals surface area contributed by atoms with Gasteiger partial charge in [0, 0.05) is 6.61 Å². The Kier molecular flexibility index (Phi) is 6.04. The molecule has 0 saturated heterocycles. The zero-order valence-corrected chi connectivity index (χ0v) is 17.5. The second kappa shape index (κ2) is 5.25. The Morgan fingerprint density at radius 1 is 1.38 bits per heavy atom. The van der Waals surface area contributed by atoms with Crippen LogP contribution in [-0.4, -0.2) is 14.0 Å². The van der Waals surface area contributed by atoms with Gasteiger partial charge in [-0.2, -0.15) is 11.1 Å². The van der Waals surface area contributed by atoms with Crippen LogP contribution in [0.4, 0.5) is 0 Å². The molecule has 0 amide bonds. The summed E-state index contributed by atoms with van der Waals surface area (Å²) in [6, 6.07) is 1.10. The van der Waals surface area contributed by atoms with Crippen molar-refractivity contribution >= 4 is 18.5 Å². The van der Waals surface area contributed by atoms with E-state index >= 15 is 0 Å². The number of hydrogen-bond donors (Lipinski definition) is 0. The van der Waals surface area contributed by atoms with Crippen LogP contribution < -0.4 is 0 Å². The first kappa shape index (κ1) is 15.0. The van der Waals surface area contributed by atoms with Crippen molar-refractivity contribution in [3.05, 3.63) is 7.11 Å². The van der Waals surface area contributed by atoms with Crippen LogP contribution >= 0.6 is 11.1 Å². The van der Waals surface area contributed by atoms with Crippen LogP contribution in [-0.2, 0) is 4.74 Å². The molecule has 0 bridgehead atoms. The quantitative estimate of drug-likeness (QED) is 0.261. The summed E-state index contributed by atoms with van der Waals surface area (Å²) in [5.74, 6) is 0. The molecule has 76 valence electrons. The third kappa shape index (κ3) is 4.91. The maximum Gasteiger partial charge on any atom is 0.158 e. The van der Waals surface area contributed by atoms with Crippen LogP contribution in [0.5, 0.6) is 0 Å². The van der Waals surface area contributed by atoms with E-state index in [4.69, 9.17) is 15.8 Å². The van der Waals surface area contributed by atoms with Crippen LogP contribution in [0.15, 0.2) is 0 Å². The van der Waals surface area contributed by atoms with Crippen LogP contribution in [0.1, 0.15) is 27.2 Å². The number of hydrogen-bond acceptors (Lipinski definition) is 1. The molecular weight excluding hydrogens is 455 g/mol. The Labute approximate surface area is 82.2 Å². The summed E-state index contributed by atoms with van der Waals surface area (Å²) in [6.45, 7) is 9.61. The molecule has 1 unspecified atom stereocenters. The van der Waals surface area contributed by atoms with Gasteiger partial charge < -0.3 is 4.74 Å². The minimum absolute atomic E-state index is 0. The standard InChI is InChI=1S/C9H20ClOSi.Rf/c1-9(2,3)12(5,10)8-6-7-11-4;/h4,6-8H2,1-3,5H3;/q-1;. The molecule has 0 radical (unpaired) electrons. The second-order valence-electron chi connectivity index (χ2n) is 4.46. The summed E-state index contributed by atoms with van der Waals surface area (Å²) in [6.07, 6.45) is 1.03. The Bertz CT molecular complexity index is 134. The average molecular weight is 475 g/mol. The summed E-state index contributed by atoms with van der Waals surface area (Å²) in [4.78, 5) is 0. The van der Waals surface area contributed by atoms with Crippen LogP contribution in [0, 0.1) is 7.11 Å². The van der Waals surface area contributed by atoms with E-state index in [1.165, 1.54) is 0 Å². The first-order chi connectivity index (χ1) is 5.31. The number of rotatable bonds is 4. The van der Waals surface area contributed by atoms with Gasteiger partial charge in [-0.25, -0.2) is 7.11 Å². The van der Waals surface area contributed by atoms with Crippen molar-refractivity contribution in [1.29, 1.82) is 0 Å². The molecule has 0 aliphatic carbocycles. The molecule has 1 nitrogen and oxygen atoms in total. The SMILES string of the molecule is [CH2-]OCCC[Si](C)(Cl)C(C)(C)C.[Rf]. The molecule has 0 heterocycles. The van der Waals surface area contributed by atoms with E-state index in [1.54, 1.807) is 0 Å². The van der Waals surface area contributed by atoms with Crippen LogP contribution in [0.25, 0.3) is 0 Å². The van der Waals surface area contributed by atoms with E-state index in [9.17, 15) is 0 Å². The maximum atomic E-state index is 6.51. The van der Waals surface area contributed by atoms with Gasteiger partial charge in [-0.05, 0) is 17.5 Å². The average Bonchev–Trinajstić information content (AvgIpc) is 1.85. The maximum absolute atomic E-state index is 6.51. The molecule has 0 rings (SSSR count). The summed E-state index contributed by atoms with van der Waals surface area (Å²) in [5, 5.41) is 0.274. The molecule has 0 spiro atoms. The van der Waals surface area contributed by atoms with Crippen molar-refractivity contribution < 1.29 is 4.74 Å². The van der Waals surface area contributed by atoms with Crippen molar-refractivity contribution in [3.8, 4) is 0 Å². The van der Waals surface area contributed by atoms with E-state index in [2.05, 4.69) is 34.4 Å². The molecule has 0 N–H and O–H groups in total. The third-order valence-electron chi connectivity index (χ3n) is 2.50. The summed E-state index contributed by atoms with van der Waals surface area (Å²) in [7, 11) is 1.76. The second-order valence-corrected chi connectivity index (χ2v) is 11.4. The predicted octanol–water partition coefficient (Wildman–Crippen LogP) is 3.80. The first-order valence-corrected chi connectivity index (χ1v) is 8.09. The number of halogens is 1. The van der Waals surface area contributed by atoms with Gasteiger partial charge in [0.1, 0.15) is 0 Å².